The topological polar surface area (TPSA) is 147 Å². The summed E-state index contributed by atoms with van der Waals surface area (Å²) in [5, 5.41) is 38.6. The molecule has 0 aliphatic rings. The number of phenols is 1. The molecule has 0 aliphatic heterocycles. The standard InChI is InChI=1S/C9H10N2O6/c10-9(15)8(14)7(13)5-3-4(11(16)17)1-2-6(5)12/h1-3,7-8,12-14H,(H2,10,15). The average molecular weight is 242 g/mol. The third-order valence-electron chi connectivity index (χ3n) is 2.13. The van der Waals surface area contributed by atoms with Gasteiger partial charge in [0.15, 0.2) is 6.10 Å². The molecule has 1 aromatic carbocycles. The Kier molecular flexibility index (Phi) is 3.61. The summed E-state index contributed by atoms with van der Waals surface area (Å²) < 4.78 is 0. The number of phenolic OH excluding ortho intramolecular Hbond substituents is 1. The number of aromatic hydroxyl groups is 1. The molecule has 0 fully saturated rings. The number of hydrogen-bond donors (Lipinski definition) is 4. The van der Waals surface area contributed by atoms with E-state index >= 15 is 0 Å². The summed E-state index contributed by atoms with van der Waals surface area (Å²) in [5.74, 6) is -1.69. The van der Waals surface area contributed by atoms with E-state index in [-0.39, 0.29) is 5.56 Å². The van der Waals surface area contributed by atoms with Crippen LogP contribution in [0.4, 0.5) is 5.69 Å². The molecule has 5 N–H and O–H groups in total. The molecular formula is C9H10N2O6. The van der Waals surface area contributed by atoms with E-state index in [0.717, 1.165) is 18.2 Å². The summed E-state index contributed by atoms with van der Waals surface area (Å²) in [6, 6.07) is 2.85. The van der Waals surface area contributed by atoms with E-state index in [0.29, 0.717) is 0 Å². The third kappa shape index (κ3) is 2.68. The molecule has 0 heterocycles. The Morgan fingerprint density at radius 2 is 2.00 bits per heavy atom. The average Bonchev–Trinajstić information content (AvgIpc) is 2.27. The lowest BCUT2D eigenvalue weighted by atomic mass is 10.0. The maximum atomic E-state index is 10.6. The quantitative estimate of drug-likeness (QED) is 0.400. The number of carbonyl (C=O) groups excluding carboxylic acids is 1. The van der Waals surface area contributed by atoms with Crippen molar-refractivity contribution in [3.63, 3.8) is 0 Å². The number of nitro groups is 1. The van der Waals surface area contributed by atoms with Gasteiger partial charge in [0.25, 0.3) is 5.69 Å². The van der Waals surface area contributed by atoms with Crippen LogP contribution >= 0.6 is 0 Å². The van der Waals surface area contributed by atoms with Crippen LogP contribution in [0.1, 0.15) is 11.7 Å². The molecule has 2 atom stereocenters. The summed E-state index contributed by atoms with van der Waals surface area (Å²) >= 11 is 0. The van der Waals surface area contributed by atoms with Crippen molar-refractivity contribution < 1.29 is 25.0 Å². The molecule has 0 radical (unpaired) electrons. The van der Waals surface area contributed by atoms with Crippen LogP contribution in [0.5, 0.6) is 5.75 Å². The van der Waals surface area contributed by atoms with Crippen molar-refractivity contribution in [1.82, 2.24) is 0 Å². The Morgan fingerprint density at radius 1 is 1.41 bits per heavy atom. The van der Waals surface area contributed by atoms with Crippen LogP contribution in [0.25, 0.3) is 0 Å². The minimum Gasteiger partial charge on any atom is -0.508 e. The molecular weight excluding hydrogens is 232 g/mol. The normalized spacial score (nSPS) is 14.0. The van der Waals surface area contributed by atoms with Gasteiger partial charge in [-0.05, 0) is 6.07 Å². The number of nitrogens with two attached hydrogens (primary N) is 1. The van der Waals surface area contributed by atoms with Crippen molar-refractivity contribution in [3.05, 3.63) is 33.9 Å². The number of benzene rings is 1. The van der Waals surface area contributed by atoms with E-state index in [2.05, 4.69) is 0 Å². The van der Waals surface area contributed by atoms with Gasteiger partial charge in [-0.1, -0.05) is 0 Å². The Balaban J connectivity index is 3.16. The molecule has 0 aliphatic carbocycles. The second kappa shape index (κ2) is 4.76. The number of aliphatic hydroxyl groups excluding tert-OH is 2. The van der Waals surface area contributed by atoms with E-state index in [1.54, 1.807) is 0 Å². The molecule has 0 bridgehead atoms. The van der Waals surface area contributed by atoms with Crippen molar-refractivity contribution in [2.45, 2.75) is 12.2 Å². The monoisotopic (exact) mass is 242 g/mol. The molecule has 0 saturated carbocycles. The number of non-ortho nitro benzene ring substituents is 1. The minimum atomic E-state index is -1.96. The number of primary amides is 1. The maximum absolute atomic E-state index is 10.6. The molecule has 2 unspecified atom stereocenters. The molecule has 0 saturated heterocycles. The van der Waals surface area contributed by atoms with Crippen LogP contribution in [0.3, 0.4) is 0 Å². The highest BCUT2D eigenvalue weighted by Gasteiger charge is 2.27. The fourth-order valence-corrected chi connectivity index (χ4v) is 1.22. The van der Waals surface area contributed by atoms with Crippen LogP contribution in [0.2, 0.25) is 0 Å². The Morgan fingerprint density at radius 3 is 2.47 bits per heavy atom. The van der Waals surface area contributed by atoms with Gasteiger partial charge in [0.2, 0.25) is 5.91 Å². The second-order valence-electron chi connectivity index (χ2n) is 3.29. The highest BCUT2D eigenvalue weighted by molar-refractivity contribution is 5.79. The first kappa shape index (κ1) is 12.9. The van der Waals surface area contributed by atoms with Gasteiger partial charge in [-0.2, -0.15) is 0 Å². The number of nitro benzene ring substituents is 1. The fourth-order valence-electron chi connectivity index (χ4n) is 1.22. The van der Waals surface area contributed by atoms with Crippen LogP contribution < -0.4 is 5.73 Å². The van der Waals surface area contributed by atoms with Crippen LogP contribution in [-0.2, 0) is 4.79 Å². The van der Waals surface area contributed by atoms with Crippen molar-refractivity contribution in [2.24, 2.45) is 5.73 Å². The van der Waals surface area contributed by atoms with Gasteiger partial charge in [0.1, 0.15) is 11.9 Å². The van der Waals surface area contributed by atoms with Crippen molar-refractivity contribution in [1.29, 1.82) is 0 Å². The van der Waals surface area contributed by atoms with Gasteiger partial charge in [-0.3, -0.25) is 14.9 Å². The number of amides is 1. The number of carbonyl (C=O) groups is 1. The third-order valence-corrected chi connectivity index (χ3v) is 2.13. The lowest BCUT2D eigenvalue weighted by Gasteiger charge is -2.15. The largest absolute Gasteiger partial charge is 0.508 e. The Bertz CT molecular complexity index is 461. The maximum Gasteiger partial charge on any atom is 0.270 e. The Hall–Kier alpha value is -2.19. The van der Waals surface area contributed by atoms with E-state index in [4.69, 9.17) is 5.73 Å². The SMILES string of the molecule is NC(=O)C(O)C(O)c1cc([N+](=O)[O-])ccc1O. The predicted octanol–water partition coefficient (Wildman–Crippen LogP) is -0.820. The molecule has 1 amide bonds. The first-order valence-corrected chi connectivity index (χ1v) is 4.47. The summed E-state index contributed by atoms with van der Waals surface area (Å²) in [6.07, 6.45) is -3.78. The smallest absolute Gasteiger partial charge is 0.270 e. The number of hydrogen-bond acceptors (Lipinski definition) is 6. The zero-order valence-electron chi connectivity index (χ0n) is 8.48. The van der Waals surface area contributed by atoms with Gasteiger partial charge in [0.05, 0.1) is 4.92 Å². The first-order chi connectivity index (χ1) is 7.84. The van der Waals surface area contributed by atoms with Gasteiger partial charge in [-0.15, -0.1) is 0 Å². The van der Waals surface area contributed by atoms with E-state index < -0.39 is 34.5 Å². The number of nitrogens with zero attached hydrogens (tertiary/aromatic N) is 1. The molecule has 17 heavy (non-hydrogen) atoms. The van der Waals surface area contributed by atoms with Crippen LogP contribution in [0.15, 0.2) is 18.2 Å². The number of aliphatic hydroxyl groups is 2. The highest BCUT2D eigenvalue weighted by Crippen LogP contribution is 2.30. The predicted molar refractivity (Wildman–Crippen MR) is 54.9 cm³/mol. The summed E-state index contributed by atoms with van der Waals surface area (Å²) in [7, 11) is 0. The van der Waals surface area contributed by atoms with Crippen molar-refractivity contribution >= 4 is 11.6 Å². The zero-order chi connectivity index (χ0) is 13.2. The Labute approximate surface area is 95.1 Å². The van der Waals surface area contributed by atoms with E-state index in [9.17, 15) is 30.2 Å². The molecule has 0 aromatic heterocycles. The first-order valence-electron chi connectivity index (χ1n) is 4.47. The van der Waals surface area contributed by atoms with Crippen LogP contribution in [-0.4, -0.2) is 32.3 Å². The van der Waals surface area contributed by atoms with Crippen LogP contribution in [0, 0.1) is 10.1 Å². The van der Waals surface area contributed by atoms with E-state index in [1.165, 1.54) is 0 Å². The minimum absolute atomic E-state index is 0.342. The molecule has 1 rings (SSSR count). The van der Waals surface area contributed by atoms with Gasteiger partial charge in [-0.25, -0.2) is 0 Å². The molecule has 8 heteroatoms. The molecule has 0 spiro atoms. The van der Waals surface area contributed by atoms with Gasteiger partial charge < -0.3 is 21.1 Å². The summed E-state index contributed by atoms with van der Waals surface area (Å²) in [4.78, 5) is 20.4. The second-order valence-corrected chi connectivity index (χ2v) is 3.29. The summed E-state index contributed by atoms with van der Waals surface area (Å²) in [6.45, 7) is 0. The highest BCUT2D eigenvalue weighted by atomic mass is 16.6. The zero-order valence-corrected chi connectivity index (χ0v) is 8.48. The lowest BCUT2D eigenvalue weighted by Crippen LogP contribution is -2.33. The molecule has 92 valence electrons. The lowest BCUT2D eigenvalue weighted by molar-refractivity contribution is -0.385. The summed E-state index contributed by atoms with van der Waals surface area (Å²) in [5.41, 5.74) is 4.02. The van der Waals surface area contributed by atoms with E-state index in [1.807, 2.05) is 0 Å². The van der Waals surface area contributed by atoms with Gasteiger partial charge in [0, 0.05) is 17.7 Å². The fraction of sp³-hybridized carbons (Fsp3) is 0.222. The number of rotatable bonds is 4. The molecule has 8 nitrogen and oxygen atoms in total. The van der Waals surface area contributed by atoms with Crippen molar-refractivity contribution in [2.75, 3.05) is 0 Å². The van der Waals surface area contributed by atoms with Gasteiger partial charge >= 0.3 is 0 Å². The molecule has 1 aromatic rings. The van der Waals surface area contributed by atoms with Crippen molar-refractivity contribution in [3.8, 4) is 5.75 Å².